The van der Waals surface area contributed by atoms with Gasteiger partial charge in [-0.15, -0.1) is 0 Å². The lowest BCUT2D eigenvalue weighted by molar-refractivity contribution is -0.0408. The summed E-state index contributed by atoms with van der Waals surface area (Å²) >= 11 is 0. The van der Waals surface area contributed by atoms with Gasteiger partial charge in [-0.1, -0.05) is 0 Å². The van der Waals surface area contributed by atoms with Crippen LogP contribution in [0.2, 0.25) is 0 Å². The number of ether oxygens (including phenoxy) is 3. The molecule has 2 fully saturated rings. The summed E-state index contributed by atoms with van der Waals surface area (Å²) in [6.07, 6.45) is 4.21. The van der Waals surface area contributed by atoms with Crippen LogP contribution in [0.5, 0.6) is 5.75 Å². The summed E-state index contributed by atoms with van der Waals surface area (Å²) in [4.78, 5) is 19.7. The van der Waals surface area contributed by atoms with Crippen molar-refractivity contribution >= 4 is 10.9 Å². The summed E-state index contributed by atoms with van der Waals surface area (Å²) in [5, 5.41) is 3.93. The maximum atomic E-state index is 12.3. The summed E-state index contributed by atoms with van der Waals surface area (Å²) in [7, 11) is 0. The van der Waals surface area contributed by atoms with E-state index in [2.05, 4.69) is 15.3 Å². The van der Waals surface area contributed by atoms with Crippen molar-refractivity contribution in [2.75, 3.05) is 32.9 Å². The Bertz CT molecular complexity index is 805. The molecule has 2 aromatic rings. The van der Waals surface area contributed by atoms with E-state index in [0.717, 1.165) is 57.7 Å². The minimum atomic E-state index is -0.143. The molecule has 146 valence electrons. The number of rotatable bonds is 6. The van der Waals surface area contributed by atoms with Crippen LogP contribution in [0, 0.1) is 5.92 Å². The fourth-order valence-electron chi connectivity index (χ4n) is 3.63. The largest absolute Gasteiger partial charge is 0.493 e. The van der Waals surface area contributed by atoms with Crippen molar-refractivity contribution in [2.45, 2.75) is 38.4 Å². The standard InChI is InChI=1S/C20H27N3O4/c24-20-17-2-1-16(26-12-14-3-7-21-8-4-14)11-18(17)22-19(23-20)13-27-15-5-9-25-10-6-15/h1-2,11,14-15,21H,3-10,12-13H2,(H,22,23,24). The summed E-state index contributed by atoms with van der Waals surface area (Å²) in [6.45, 7) is 4.57. The Hall–Kier alpha value is -1.96. The van der Waals surface area contributed by atoms with Crippen molar-refractivity contribution in [2.24, 2.45) is 5.92 Å². The minimum absolute atomic E-state index is 0.143. The average molecular weight is 373 g/mol. The van der Waals surface area contributed by atoms with Gasteiger partial charge in [0.05, 0.1) is 23.6 Å². The van der Waals surface area contributed by atoms with Crippen LogP contribution in [-0.2, 0) is 16.1 Å². The van der Waals surface area contributed by atoms with Crippen LogP contribution in [-0.4, -0.2) is 49.0 Å². The van der Waals surface area contributed by atoms with E-state index in [1.165, 1.54) is 0 Å². The Morgan fingerprint density at radius 2 is 1.96 bits per heavy atom. The van der Waals surface area contributed by atoms with E-state index in [4.69, 9.17) is 14.2 Å². The van der Waals surface area contributed by atoms with E-state index >= 15 is 0 Å². The monoisotopic (exact) mass is 373 g/mol. The molecule has 2 aliphatic heterocycles. The summed E-state index contributed by atoms with van der Waals surface area (Å²) < 4.78 is 17.2. The van der Waals surface area contributed by atoms with Gasteiger partial charge in [0, 0.05) is 19.3 Å². The number of nitrogens with zero attached hydrogens (tertiary/aromatic N) is 1. The molecule has 2 N–H and O–H groups in total. The Balaban J connectivity index is 1.43. The zero-order valence-corrected chi connectivity index (χ0v) is 15.5. The third-order valence-electron chi connectivity index (χ3n) is 5.30. The van der Waals surface area contributed by atoms with Crippen LogP contribution in [0.1, 0.15) is 31.5 Å². The molecule has 2 saturated heterocycles. The van der Waals surface area contributed by atoms with Crippen LogP contribution in [0.3, 0.4) is 0 Å². The second kappa shape index (κ2) is 8.82. The van der Waals surface area contributed by atoms with E-state index in [9.17, 15) is 4.79 Å². The lowest BCUT2D eigenvalue weighted by Gasteiger charge is -2.22. The van der Waals surface area contributed by atoms with Gasteiger partial charge in [0.1, 0.15) is 18.2 Å². The maximum Gasteiger partial charge on any atom is 0.258 e. The summed E-state index contributed by atoms with van der Waals surface area (Å²) in [5.41, 5.74) is 0.502. The molecule has 0 atom stereocenters. The van der Waals surface area contributed by atoms with Crippen LogP contribution in [0.25, 0.3) is 10.9 Å². The topological polar surface area (TPSA) is 85.5 Å². The first kappa shape index (κ1) is 18.4. The third-order valence-corrected chi connectivity index (χ3v) is 5.30. The number of piperidine rings is 1. The van der Waals surface area contributed by atoms with Crippen LogP contribution in [0.4, 0.5) is 0 Å². The van der Waals surface area contributed by atoms with Gasteiger partial charge in [0.15, 0.2) is 0 Å². The first-order valence-electron chi connectivity index (χ1n) is 9.84. The second-order valence-electron chi connectivity index (χ2n) is 7.32. The lowest BCUT2D eigenvalue weighted by Crippen LogP contribution is -2.30. The zero-order valence-electron chi connectivity index (χ0n) is 15.5. The second-order valence-corrected chi connectivity index (χ2v) is 7.32. The molecule has 7 nitrogen and oxygen atoms in total. The predicted octanol–water partition coefficient (Wildman–Crippen LogP) is 2.00. The average Bonchev–Trinajstić information content (AvgIpc) is 2.72. The highest BCUT2D eigenvalue weighted by Crippen LogP contribution is 2.20. The van der Waals surface area contributed by atoms with Gasteiger partial charge in [-0.3, -0.25) is 4.79 Å². The van der Waals surface area contributed by atoms with Crippen LogP contribution >= 0.6 is 0 Å². The molecule has 1 aromatic carbocycles. The molecule has 0 unspecified atom stereocenters. The smallest absolute Gasteiger partial charge is 0.258 e. The number of benzene rings is 1. The third kappa shape index (κ3) is 4.86. The molecule has 1 aromatic heterocycles. The molecule has 0 saturated carbocycles. The van der Waals surface area contributed by atoms with Crippen LogP contribution < -0.4 is 15.6 Å². The molecule has 4 rings (SSSR count). The molecule has 27 heavy (non-hydrogen) atoms. The molecule has 3 heterocycles. The molecular weight excluding hydrogens is 346 g/mol. The fraction of sp³-hybridized carbons (Fsp3) is 0.600. The number of H-pyrrole nitrogens is 1. The molecule has 0 spiro atoms. The Kier molecular flexibility index (Phi) is 6.01. The molecule has 0 amide bonds. The predicted molar refractivity (Wildman–Crippen MR) is 102 cm³/mol. The van der Waals surface area contributed by atoms with Crippen molar-refractivity contribution in [3.8, 4) is 5.75 Å². The normalized spacial score (nSPS) is 19.4. The number of hydrogen-bond donors (Lipinski definition) is 2. The van der Waals surface area contributed by atoms with Gasteiger partial charge in [-0.2, -0.15) is 0 Å². The molecule has 7 heteroatoms. The van der Waals surface area contributed by atoms with Gasteiger partial charge in [-0.25, -0.2) is 4.98 Å². The Morgan fingerprint density at radius 3 is 2.78 bits per heavy atom. The first-order chi connectivity index (χ1) is 13.3. The van der Waals surface area contributed by atoms with Crippen molar-refractivity contribution in [3.63, 3.8) is 0 Å². The van der Waals surface area contributed by atoms with Crippen molar-refractivity contribution < 1.29 is 14.2 Å². The molecular formula is C20H27N3O4. The van der Waals surface area contributed by atoms with Crippen LogP contribution in [0.15, 0.2) is 23.0 Å². The number of aromatic amines is 1. The SMILES string of the molecule is O=c1[nH]c(COC2CCOCC2)nc2cc(OCC3CCNCC3)ccc12. The van der Waals surface area contributed by atoms with Crippen molar-refractivity contribution in [1.29, 1.82) is 0 Å². The minimum Gasteiger partial charge on any atom is -0.493 e. The van der Waals surface area contributed by atoms with E-state index in [-0.39, 0.29) is 11.7 Å². The lowest BCUT2D eigenvalue weighted by atomic mass is 9.99. The summed E-state index contributed by atoms with van der Waals surface area (Å²) in [6, 6.07) is 5.48. The number of aromatic nitrogens is 2. The molecule has 2 aliphatic rings. The van der Waals surface area contributed by atoms with Gasteiger partial charge in [0.25, 0.3) is 5.56 Å². The fourth-order valence-corrected chi connectivity index (χ4v) is 3.63. The van der Waals surface area contributed by atoms with E-state index in [1.807, 2.05) is 12.1 Å². The Morgan fingerprint density at radius 1 is 1.15 bits per heavy atom. The van der Waals surface area contributed by atoms with Gasteiger partial charge < -0.3 is 24.5 Å². The summed E-state index contributed by atoms with van der Waals surface area (Å²) in [5.74, 6) is 1.89. The van der Waals surface area contributed by atoms with Crippen molar-refractivity contribution in [1.82, 2.24) is 15.3 Å². The zero-order chi connectivity index (χ0) is 18.5. The maximum absolute atomic E-state index is 12.3. The first-order valence-corrected chi connectivity index (χ1v) is 9.84. The highest BCUT2D eigenvalue weighted by atomic mass is 16.5. The number of hydrogen-bond acceptors (Lipinski definition) is 6. The molecule has 0 aliphatic carbocycles. The van der Waals surface area contributed by atoms with E-state index < -0.39 is 0 Å². The highest BCUT2D eigenvalue weighted by molar-refractivity contribution is 5.78. The highest BCUT2D eigenvalue weighted by Gasteiger charge is 2.16. The molecule has 0 radical (unpaired) electrons. The van der Waals surface area contributed by atoms with Crippen molar-refractivity contribution in [3.05, 3.63) is 34.4 Å². The molecule has 0 bridgehead atoms. The van der Waals surface area contributed by atoms with E-state index in [1.54, 1.807) is 6.07 Å². The quantitative estimate of drug-likeness (QED) is 0.806. The van der Waals surface area contributed by atoms with E-state index in [0.29, 0.717) is 35.9 Å². The number of fused-ring (bicyclic) bond motifs is 1. The van der Waals surface area contributed by atoms with Gasteiger partial charge >= 0.3 is 0 Å². The Labute approximate surface area is 158 Å². The number of nitrogens with one attached hydrogen (secondary N) is 2. The van der Waals surface area contributed by atoms with Gasteiger partial charge in [-0.05, 0) is 56.8 Å². The van der Waals surface area contributed by atoms with Gasteiger partial charge in [0.2, 0.25) is 0 Å².